The number of furan rings is 1. The number of rotatable bonds is 3. The smallest absolute Gasteiger partial charge is 0.252 e. The van der Waals surface area contributed by atoms with Crippen LogP contribution in [0.4, 0.5) is 34.1 Å². The van der Waals surface area contributed by atoms with E-state index in [1.807, 2.05) is 6.07 Å². The summed E-state index contributed by atoms with van der Waals surface area (Å²) in [5.41, 5.74) is 15.0. The normalized spacial score (nSPS) is 13.1. The third-order valence-corrected chi connectivity index (χ3v) is 13.5. The van der Waals surface area contributed by atoms with Gasteiger partial charge >= 0.3 is 0 Å². The molecule has 0 fully saturated rings. The van der Waals surface area contributed by atoms with Crippen LogP contribution >= 0.6 is 0 Å². The van der Waals surface area contributed by atoms with Crippen LogP contribution in [0.2, 0.25) is 0 Å². The van der Waals surface area contributed by atoms with Gasteiger partial charge in [-0.15, -0.1) is 0 Å². The first kappa shape index (κ1) is 33.7. The van der Waals surface area contributed by atoms with Crippen LogP contribution < -0.4 is 26.2 Å². The first-order valence-electron chi connectivity index (χ1n) is 21.4. The first-order chi connectivity index (χ1) is 30.7. The second-order valence-corrected chi connectivity index (χ2v) is 16.9. The van der Waals surface area contributed by atoms with Crippen molar-refractivity contribution in [1.29, 1.82) is 0 Å². The predicted molar refractivity (Wildman–Crippen MR) is 263 cm³/mol. The van der Waals surface area contributed by atoms with Crippen LogP contribution in [-0.2, 0) is 0 Å². The third kappa shape index (κ3) is 4.78. The van der Waals surface area contributed by atoms with Gasteiger partial charge in [-0.2, -0.15) is 0 Å². The molecule has 12 aromatic rings. The first-order valence-corrected chi connectivity index (χ1v) is 21.4. The van der Waals surface area contributed by atoms with Crippen molar-refractivity contribution in [3.8, 4) is 11.1 Å². The van der Waals surface area contributed by atoms with Crippen molar-refractivity contribution in [3.63, 3.8) is 0 Å². The number of para-hydroxylation sites is 3. The monoisotopic (exact) mass is 786 g/mol. The SMILES string of the molecule is c1ccc(N2c3cc(-c4ccc5c(c4)oc4ccccc45)cc4c3B(c3ccc5cc6ccccc6cc5c32)c2ccc3cc5ccccc5cc3c2N4c2ccccc2)cc1. The van der Waals surface area contributed by atoms with E-state index in [1.54, 1.807) is 0 Å². The number of anilines is 6. The summed E-state index contributed by atoms with van der Waals surface area (Å²) in [5, 5.41) is 12.2. The molecule has 14 rings (SSSR count). The molecule has 62 heavy (non-hydrogen) atoms. The van der Waals surface area contributed by atoms with E-state index in [1.165, 1.54) is 82.2 Å². The van der Waals surface area contributed by atoms with Crippen LogP contribution in [-0.4, -0.2) is 6.71 Å². The molecule has 0 N–H and O–H groups in total. The van der Waals surface area contributed by atoms with Crippen LogP contribution in [0, 0.1) is 0 Å². The Hall–Kier alpha value is -8.08. The molecule has 0 saturated heterocycles. The fourth-order valence-electron chi connectivity index (χ4n) is 10.8. The Kier molecular flexibility index (Phi) is 6.92. The summed E-state index contributed by atoms with van der Waals surface area (Å²) in [4.78, 5) is 5.10. The van der Waals surface area contributed by atoms with Gasteiger partial charge in [-0.3, -0.25) is 0 Å². The summed E-state index contributed by atoms with van der Waals surface area (Å²) in [6.45, 7) is -0.0384. The van der Waals surface area contributed by atoms with Gasteiger partial charge < -0.3 is 14.2 Å². The second kappa shape index (κ2) is 12.7. The maximum atomic E-state index is 6.53. The zero-order valence-electron chi connectivity index (χ0n) is 33.6. The van der Waals surface area contributed by atoms with Crippen molar-refractivity contribution >= 4 is 122 Å². The quantitative estimate of drug-likeness (QED) is 0.131. The molecular formula is C58H35BN2O. The van der Waals surface area contributed by atoms with E-state index < -0.39 is 0 Å². The molecule has 1 aromatic heterocycles. The lowest BCUT2D eigenvalue weighted by molar-refractivity contribution is 0.669. The average Bonchev–Trinajstić information content (AvgIpc) is 3.71. The minimum Gasteiger partial charge on any atom is -0.456 e. The summed E-state index contributed by atoms with van der Waals surface area (Å²) in [7, 11) is 0. The number of hydrogen-bond acceptors (Lipinski definition) is 3. The molecule has 3 nitrogen and oxygen atoms in total. The molecule has 2 aliphatic rings. The molecule has 0 radical (unpaired) electrons. The predicted octanol–water partition coefficient (Wildman–Crippen LogP) is 13.9. The highest BCUT2D eigenvalue weighted by Gasteiger charge is 2.44. The zero-order chi connectivity index (χ0) is 40.5. The van der Waals surface area contributed by atoms with Crippen LogP contribution in [0.5, 0.6) is 0 Å². The summed E-state index contributed by atoms with van der Waals surface area (Å²) in [6, 6.07) is 78.4. The molecular weight excluding hydrogens is 751 g/mol. The summed E-state index contributed by atoms with van der Waals surface area (Å²) in [6.07, 6.45) is 0. The van der Waals surface area contributed by atoms with E-state index in [0.29, 0.717) is 0 Å². The molecule has 11 aromatic carbocycles. The number of nitrogens with zero attached hydrogens (tertiary/aromatic N) is 2. The van der Waals surface area contributed by atoms with Crippen molar-refractivity contribution in [2.24, 2.45) is 0 Å². The van der Waals surface area contributed by atoms with Crippen molar-refractivity contribution in [2.75, 3.05) is 9.80 Å². The lowest BCUT2D eigenvalue weighted by atomic mass is 9.33. The van der Waals surface area contributed by atoms with Crippen molar-refractivity contribution in [3.05, 3.63) is 212 Å². The number of hydrogen-bond donors (Lipinski definition) is 0. The van der Waals surface area contributed by atoms with Gasteiger partial charge in [0.05, 0.1) is 0 Å². The Balaban J connectivity index is 1.15. The van der Waals surface area contributed by atoms with E-state index in [-0.39, 0.29) is 6.71 Å². The Morgan fingerprint density at radius 1 is 0.323 bits per heavy atom. The van der Waals surface area contributed by atoms with Crippen molar-refractivity contribution in [2.45, 2.75) is 0 Å². The molecule has 0 bridgehead atoms. The molecule has 0 aliphatic carbocycles. The van der Waals surface area contributed by atoms with E-state index in [2.05, 4.69) is 216 Å². The van der Waals surface area contributed by atoms with Crippen LogP contribution in [0.3, 0.4) is 0 Å². The van der Waals surface area contributed by atoms with Gasteiger partial charge in [0.15, 0.2) is 0 Å². The molecule has 286 valence electrons. The third-order valence-electron chi connectivity index (χ3n) is 13.5. The standard InChI is InChI=1S/C58H35BN2O/c1-3-17-44(18-4-1)60-52-33-43(40-23-26-47-46-21-11-12-22-54(46)62-55(47)35-40)34-53-56(52)59(50-27-24-41-29-36-13-7-9-15-38(36)31-48(41)57(50)60)51-28-25-42-30-37-14-8-10-16-39(37)32-49(42)58(51)61(53)45-19-5-2-6-20-45/h1-35H. The Morgan fingerprint density at radius 2 is 0.806 bits per heavy atom. The lowest BCUT2D eigenvalue weighted by Crippen LogP contribution is -2.61. The van der Waals surface area contributed by atoms with Crippen LogP contribution in [0.25, 0.3) is 76.2 Å². The maximum absolute atomic E-state index is 6.53. The fraction of sp³-hybridized carbons (Fsp3) is 0. The summed E-state index contributed by atoms with van der Waals surface area (Å²) < 4.78 is 6.53. The maximum Gasteiger partial charge on any atom is 0.252 e. The minimum atomic E-state index is -0.0384. The van der Waals surface area contributed by atoms with Gasteiger partial charge in [0.2, 0.25) is 0 Å². The van der Waals surface area contributed by atoms with E-state index >= 15 is 0 Å². The van der Waals surface area contributed by atoms with Crippen molar-refractivity contribution < 1.29 is 4.42 Å². The molecule has 0 amide bonds. The van der Waals surface area contributed by atoms with E-state index in [4.69, 9.17) is 4.42 Å². The number of benzene rings is 11. The highest BCUT2D eigenvalue weighted by Crippen LogP contribution is 2.49. The van der Waals surface area contributed by atoms with Gasteiger partial charge in [0.1, 0.15) is 11.2 Å². The van der Waals surface area contributed by atoms with Gasteiger partial charge in [-0.05, 0) is 139 Å². The Labute approximate surface area is 358 Å². The van der Waals surface area contributed by atoms with Crippen molar-refractivity contribution in [1.82, 2.24) is 0 Å². The molecule has 0 saturated carbocycles. The van der Waals surface area contributed by atoms with Gasteiger partial charge in [0.25, 0.3) is 6.71 Å². The van der Waals surface area contributed by atoms with Crippen LogP contribution in [0.15, 0.2) is 217 Å². The fourth-order valence-corrected chi connectivity index (χ4v) is 10.8. The van der Waals surface area contributed by atoms with E-state index in [9.17, 15) is 0 Å². The molecule has 0 spiro atoms. The van der Waals surface area contributed by atoms with Gasteiger partial charge in [0, 0.05) is 55.7 Å². The lowest BCUT2D eigenvalue weighted by Gasteiger charge is -2.45. The highest BCUT2D eigenvalue weighted by molar-refractivity contribution is 7.00. The number of fused-ring (bicyclic) bond motifs is 13. The Morgan fingerprint density at radius 3 is 1.37 bits per heavy atom. The molecule has 4 heteroatoms. The summed E-state index contributed by atoms with van der Waals surface area (Å²) >= 11 is 0. The Bertz CT molecular complexity index is 3650. The zero-order valence-corrected chi connectivity index (χ0v) is 33.6. The average molecular weight is 787 g/mol. The second-order valence-electron chi connectivity index (χ2n) is 16.9. The van der Waals surface area contributed by atoms with Gasteiger partial charge in [-0.25, -0.2) is 0 Å². The topological polar surface area (TPSA) is 19.6 Å². The van der Waals surface area contributed by atoms with Gasteiger partial charge in [-0.1, -0.05) is 133 Å². The minimum absolute atomic E-state index is 0.0384. The van der Waals surface area contributed by atoms with Crippen LogP contribution in [0.1, 0.15) is 0 Å². The molecule has 2 aliphatic heterocycles. The largest absolute Gasteiger partial charge is 0.456 e. The summed E-state index contributed by atoms with van der Waals surface area (Å²) in [5.74, 6) is 0. The highest BCUT2D eigenvalue weighted by atomic mass is 16.3. The molecule has 0 unspecified atom stereocenters. The van der Waals surface area contributed by atoms with E-state index in [0.717, 1.165) is 44.4 Å². The molecule has 3 heterocycles. The molecule has 0 atom stereocenters.